The number of carbonyl (C=O) groups is 1. The first-order chi connectivity index (χ1) is 9.28. The van der Waals surface area contributed by atoms with Crippen LogP contribution in [0.25, 0.3) is 22.0 Å². The van der Waals surface area contributed by atoms with E-state index in [1.807, 2.05) is 24.3 Å². The quantitative estimate of drug-likeness (QED) is 0.640. The van der Waals surface area contributed by atoms with Crippen molar-refractivity contribution >= 4 is 17.2 Å². The Bertz CT molecular complexity index is 762. The van der Waals surface area contributed by atoms with Crippen molar-refractivity contribution in [1.82, 2.24) is 4.98 Å². The number of hydrogen-bond donors (Lipinski definition) is 0. The molecular formula is C17H13NO. The zero-order chi connectivity index (χ0) is 13.2. The fourth-order valence-electron chi connectivity index (χ4n) is 2.28. The largest absolute Gasteiger partial charge is 0.298 e. The molecule has 2 heteroatoms. The van der Waals surface area contributed by atoms with Crippen LogP contribution in [0.3, 0.4) is 0 Å². The second kappa shape index (κ2) is 4.65. The van der Waals surface area contributed by atoms with Crippen LogP contribution in [0.1, 0.15) is 15.9 Å². The number of pyridine rings is 1. The second-order valence-corrected chi connectivity index (χ2v) is 4.61. The zero-order valence-corrected chi connectivity index (χ0v) is 10.6. The van der Waals surface area contributed by atoms with Crippen molar-refractivity contribution in [1.29, 1.82) is 0 Å². The number of aromatic nitrogens is 1. The predicted octanol–water partition coefficient (Wildman–Crippen LogP) is 4.02. The molecule has 0 saturated carbocycles. The maximum atomic E-state index is 10.8. The second-order valence-electron chi connectivity index (χ2n) is 4.61. The molecule has 19 heavy (non-hydrogen) atoms. The minimum Gasteiger partial charge on any atom is -0.298 e. The summed E-state index contributed by atoms with van der Waals surface area (Å²) in [6.45, 7) is 2.10. The first kappa shape index (κ1) is 11.6. The van der Waals surface area contributed by atoms with Crippen molar-refractivity contribution in [2.24, 2.45) is 0 Å². The number of fused-ring (bicyclic) bond motifs is 1. The third-order valence-electron chi connectivity index (χ3n) is 3.29. The van der Waals surface area contributed by atoms with Crippen LogP contribution in [0.4, 0.5) is 0 Å². The summed E-state index contributed by atoms with van der Waals surface area (Å²) in [6.07, 6.45) is 2.43. The molecule has 0 fully saturated rings. The molecule has 0 saturated heterocycles. The van der Waals surface area contributed by atoms with E-state index < -0.39 is 0 Å². The normalized spacial score (nSPS) is 10.6. The minimum absolute atomic E-state index is 0.606. The fraction of sp³-hybridized carbons (Fsp3) is 0.0588. The molecule has 1 heterocycles. The molecule has 0 N–H and O–H groups in total. The third-order valence-corrected chi connectivity index (χ3v) is 3.29. The molecule has 0 bridgehead atoms. The lowest BCUT2D eigenvalue weighted by molar-refractivity contribution is 0.112. The average molecular weight is 247 g/mol. The molecule has 0 amide bonds. The Kier molecular flexibility index (Phi) is 2.84. The highest BCUT2D eigenvalue weighted by atomic mass is 16.1. The summed E-state index contributed by atoms with van der Waals surface area (Å²) < 4.78 is 0. The fourth-order valence-corrected chi connectivity index (χ4v) is 2.28. The molecule has 92 valence electrons. The van der Waals surface area contributed by atoms with Crippen molar-refractivity contribution in [3.8, 4) is 11.1 Å². The van der Waals surface area contributed by atoms with Crippen LogP contribution in [0, 0.1) is 6.92 Å². The Morgan fingerprint density at radius 1 is 1.05 bits per heavy atom. The number of carbonyl (C=O) groups excluding carboxylic acids is 1. The lowest BCUT2D eigenvalue weighted by atomic mass is 9.99. The number of aryl methyl sites for hydroxylation is 1. The molecule has 0 aliphatic heterocycles. The average Bonchev–Trinajstić information content (AvgIpc) is 2.46. The molecule has 0 spiro atoms. The Morgan fingerprint density at radius 2 is 1.89 bits per heavy atom. The summed E-state index contributed by atoms with van der Waals surface area (Å²) >= 11 is 0. The van der Waals surface area contributed by atoms with Crippen LogP contribution >= 0.6 is 0 Å². The van der Waals surface area contributed by atoms with Crippen molar-refractivity contribution in [2.75, 3.05) is 0 Å². The molecule has 0 radical (unpaired) electrons. The van der Waals surface area contributed by atoms with Crippen molar-refractivity contribution in [2.45, 2.75) is 6.92 Å². The number of nitrogens with zero attached hydrogens (tertiary/aromatic N) is 1. The van der Waals surface area contributed by atoms with E-state index in [0.717, 1.165) is 22.8 Å². The van der Waals surface area contributed by atoms with E-state index in [4.69, 9.17) is 0 Å². The van der Waals surface area contributed by atoms with Crippen molar-refractivity contribution < 1.29 is 4.79 Å². The summed E-state index contributed by atoms with van der Waals surface area (Å²) in [5.41, 5.74) is 5.11. The summed E-state index contributed by atoms with van der Waals surface area (Å²) in [4.78, 5) is 15.1. The lowest BCUT2D eigenvalue weighted by Gasteiger charge is -2.07. The molecular weight excluding hydrogens is 234 g/mol. The highest BCUT2D eigenvalue weighted by Crippen LogP contribution is 2.26. The number of hydrogen-bond acceptors (Lipinski definition) is 2. The van der Waals surface area contributed by atoms with E-state index in [9.17, 15) is 4.79 Å². The molecule has 2 aromatic carbocycles. The van der Waals surface area contributed by atoms with E-state index in [1.165, 1.54) is 11.1 Å². The molecule has 3 aromatic rings. The van der Waals surface area contributed by atoms with Crippen LogP contribution in [0.15, 0.2) is 54.7 Å². The Hall–Kier alpha value is -2.48. The Morgan fingerprint density at radius 3 is 2.68 bits per heavy atom. The topological polar surface area (TPSA) is 30.0 Å². The highest BCUT2D eigenvalue weighted by Gasteiger charge is 2.03. The van der Waals surface area contributed by atoms with Gasteiger partial charge in [-0.25, -0.2) is 0 Å². The summed E-state index contributed by atoms with van der Waals surface area (Å²) in [5, 5.41) is 0.991. The van der Waals surface area contributed by atoms with Gasteiger partial charge in [0.05, 0.1) is 5.52 Å². The number of rotatable bonds is 2. The summed E-state index contributed by atoms with van der Waals surface area (Å²) in [5.74, 6) is 0. The number of benzene rings is 2. The first-order valence-electron chi connectivity index (χ1n) is 6.19. The van der Waals surface area contributed by atoms with Gasteiger partial charge in [-0.3, -0.25) is 9.78 Å². The van der Waals surface area contributed by atoms with E-state index in [1.54, 1.807) is 6.20 Å². The van der Waals surface area contributed by atoms with E-state index in [2.05, 4.69) is 36.2 Å². The van der Waals surface area contributed by atoms with Gasteiger partial charge in [-0.1, -0.05) is 30.3 Å². The van der Waals surface area contributed by atoms with Gasteiger partial charge >= 0.3 is 0 Å². The first-order valence-corrected chi connectivity index (χ1v) is 6.19. The van der Waals surface area contributed by atoms with Gasteiger partial charge < -0.3 is 0 Å². The Labute approximate surface area is 111 Å². The monoisotopic (exact) mass is 247 g/mol. The highest BCUT2D eigenvalue weighted by molar-refractivity contribution is 5.89. The maximum Gasteiger partial charge on any atom is 0.151 e. The predicted molar refractivity (Wildman–Crippen MR) is 77.3 cm³/mol. The van der Waals surface area contributed by atoms with Gasteiger partial charge in [0.1, 0.15) is 0 Å². The molecule has 0 unspecified atom stereocenters. The van der Waals surface area contributed by atoms with Gasteiger partial charge in [-0.2, -0.15) is 0 Å². The third kappa shape index (κ3) is 2.13. The van der Waals surface area contributed by atoms with Crippen LogP contribution in [0.2, 0.25) is 0 Å². The molecule has 1 aromatic heterocycles. The Balaban J connectivity index is 2.21. The van der Waals surface area contributed by atoms with E-state index >= 15 is 0 Å². The summed E-state index contributed by atoms with van der Waals surface area (Å²) in [6, 6.07) is 16.3. The standard InChI is InChI=1S/C17H13NO/c1-12-4-2-3-5-16(12)14-6-7-17-15(9-14)8-13(11-19)10-18-17/h2-11H,1H3. The summed E-state index contributed by atoms with van der Waals surface area (Å²) in [7, 11) is 0. The van der Waals surface area contributed by atoms with Crippen molar-refractivity contribution in [3.05, 3.63) is 65.9 Å². The van der Waals surface area contributed by atoms with E-state index in [-0.39, 0.29) is 0 Å². The molecule has 0 atom stereocenters. The SMILES string of the molecule is Cc1ccccc1-c1ccc2ncc(C=O)cc2c1. The molecule has 0 aliphatic rings. The van der Waals surface area contributed by atoms with Crippen LogP contribution in [-0.2, 0) is 0 Å². The van der Waals surface area contributed by atoms with Crippen LogP contribution in [-0.4, -0.2) is 11.3 Å². The van der Waals surface area contributed by atoms with Gasteiger partial charge in [0.2, 0.25) is 0 Å². The van der Waals surface area contributed by atoms with Gasteiger partial charge in [-0.05, 0) is 41.8 Å². The van der Waals surface area contributed by atoms with Crippen molar-refractivity contribution in [3.63, 3.8) is 0 Å². The van der Waals surface area contributed by atoms with Gasteiger partial charge in [0.25, 0.3) is 0 Å². The van der Waals surface area contributed by atoms with Gasteiger partial charge in [-0.15, -0.1) is 0 Å². The smallest absolute Gasteiger partial charge is 0.151 e. The molecule has 3 rings (SSSR count). The van der Waals surface area contributed by atoms with Gasteiger partial charge in [0.15, 0.2) is 6.29 Å². The van der Waals surface area contributed by atoms with E-state index in [0.29, 0.717) is 5.56 Å². The number of aldehydes is 1. The lowest BCUT2D eigenvalue weighted by Crippen LogP contribution is -1.87. The maximum absolute atomic E-state index is 10.8. The molecule has 0 aliphatic carbocycles. The van der Waals surface area contributed by atoms with Crippen LogP contribution in [0.5, 0.6) is 0 Å². The molecule has 2 nitrogen and oxygen atoms in total. The van der Waals surface area contributed by atoms with Crippen LogP contribution < -0.4 is 0 Å². The minimum atomic E-state index is 0.606. The van der Waals surface area contributed by atoms with Gasteiger partial charge in [0, 0.05) is 17.1 Å². The zero-order valence-electron chi connectivity index (χ0n) is 10.6.